The van der Waals surface area contributed by atoms with Crippen LogP contribution in [0.3, 0.4) is 0 Å². The lowest BCUT2D eigenvalue weighted by molar-refractivity contribution is 0.356. The molecule has 0 radical (unpaired) electrons. The lowest BCUT2D eigenvalue weighted by atomic mass is 10.2. The van der Waals surface area contributed by atoms with Gasteiger partial charge in [-0.15, -0.1) is 11.3 Å². The summed E-state index contributed by atoms with van der Waals surface area (Å²) in [5.74, 6) is 3.76. The Hall–Kier alpha value is -2.40. The van der Waals surface area contributed by atoms with Crippen LogP contribution in [-0.4, -0.2) is 21.3 Å². The minimum absolute atomic E-state index is 0.688. The van der Waals surface area contributed by atoms with Crippen molar-refractivity contribution in [3.8, 4) is 28.7 Å². The maximum Gasteiger partial charge on any atom is 0.162 e. The zero-order valence-electron chi connectivity index (χ0n) is 12.6. The molecular weight excluding hydrogens is 300 g/mol. The summed E-state index contributed by atoms with van der Waals surface area (Å²) < 4.78 is 22.9. The third kappa shape index (κ3) is 2.67. The maximum atomic E-state index is 5.96. The van der Waals surface area contributed by atoms with Crippen molar-refractivity contribution in [2.75, 3.05) is 21.3 Å². The third-order valence-electron chi connectivity index (χ3n) is 3.33. The number of benzene rings is 2. The van der Waals surface area contributed by atoms with Gasteiger partial charge in [-0.05, 0) is 30.3 Å². The van der Waals surface area contributed by atoms with Gasteiger partial charge in [-0.1, -0.05) is 0 Å². The Morgan fingerprint density at radius 2 is 1.36 bits per heavy atom. The molecule has 1 heterocycles. The van der Waals surface area contributed by atoms with E-state index < -0.39 is 0 Å². The second-order valence-corrected chi connectivity index (χ2v) is 5.49. The first-order chi connectivity index (χ1) is 10.7. The molecule has 0 N–H and O–H groups in total. The van der Waals surface area contributed by atoms with Gasteiger partial charge in [0.15, 0.2) is 11.5 Å². The van der Waals surface area contributed by atoms with Gasteiger partial charge in [0, 0.05) is 21.5 Å². The third-order valence-corrected chi connectivity index (χ3v) is 4.26. The van der Waals surface area contributed by atoms with Gasteiger partial charge in [0.05, 0.1) is 21.3 Å². The second-order valence-electron chi connectivity index (χ2n) is 4.58. The first-order valence-electron chi connectivity index (χ1n) is 6.70. The molecular formula is C17H16O4S. The molecule has 2 aromatic carbocycles. The minimum Gasteiger partial charge on any atom is -0.497 e. The minimum atomic E-state index is 0.688. The Labute approximate surface area is 132 Å². The van der Waals surface area contributed by atoms with E-state index in [9.17, 15) is 0 Å². The molecule has 0 bridgehead atoms. The van der Waals surface area contributed by atoms with Crippen LogP contribution in [0.5, 0.6) is 28.7 Å². The Morgan fingerprint density at radius 1 is 0.727 bits per heavy atom. The Kier molecular flexibility index (Phi) is 4.06. The average Bonchev–Trinajstić information content (AvgIpc) is 2.96. The topological polar surface area (TPSA) is 36.9 Å². The van der Waals surface area contributed by atoms with E-state index in [0.717, 1.165) is 27.3 Å². The summed E-state index contributed by atoms with van der Waals surface area (Å²) in [6, 6.07) is 11.4. The monoisotopic (exact) mass is 316 g/mol. The van der Waals surface area contributed by atoms with Gasteiger partial charge in [-0.2, -0.15) is 0 Å². The summed E-state index contributed by atoms with van der Waals surface area (Å²) in [6.07, 6.45) is 0. The van der Waals surface area contributed by atoms with E-state index in [1.54, 1.807) is 32.7 Å². The molecule has 0 aliphatic carbocycles. The standard InChI is InChI=1S/C17H16O4S/c1-18-11-4-6-12(7-5-11)21-16-10-22-17-9-15(20-3)14(19-2)8-13(16)17/h4-10H,1-3H3. The fraction of sp³-hybridized carbons (Fsp3) is 0.176. The van der Waals surface area contributed by atoms with Crippen molar-refractivity contribution < 1.29 is 18.9 Å². The zero-order valence-corrected chi connectivity index (χ0v) is 13.4. The van der Waals surface area contributed by atoms with Gasteiger partial charge in [-0.25, -0.2) is 0 Å². The smallest absolute Gasteiger partial charge is 0.162 e. The molecule has 114 valence electrons. The molecule has 0 spiro atoms. The van der Waals surface area contributed by atoms with Gasteiger partial charge < -0.3 is 18.9 Å². The SMILES string of the molecule is COc1ccc(Oc2csc3cc(OC)c(OC)cc23)cc1. The Balaban J connectivity index is 1.96. The molecule has 0 atom stereocenters. The van der Waals surface area contributed by atoms with Gasteiger partial charge in [0.2, 0.25) is 0 Å². The van der Waals surface area contributed by atoms with Gasteiger partial charge in [0.25, 0.3) is 0 Å². The lowest BCUT2D eigenvalue weighted by Gasteiger charge is -2.09. The van der Waals surface area contributed by atoms with E-state index >= 15 is 0 Å². The highest BCUT2D eigenvalue weighted by molar-refractivity contribution is 7.17. The highest BCUT2D eigenvalue weighted by Crippen LogP contribution is 2.41. The highest BCUT2D eigenvalue weighted by atomic mass is 32.1. The molecule has 22 heavy (non-hydrogen) atoms. The number of methoxy groups -OCH3 is 3. The fourth-order valence-corrected chi connectivity index (χ4v) is 3.05. The predicted octanol–water partition coefficient (Wildman–Crippen LogP) is 4.72. The van der Waals surface area contributed by atoms with Crippen LogP contribution in [0.2, 0.25) is 0 Å². The van der Waals surface area contributed by atoms with Crippen LogP contribution in [-0.2, 0) is 0 Å². The van der Waals surface area contributed by atoms with Crippen LogP contribution in [0.15, 0.2) is 41.8 Å². The van der Waals surface area contributed by atoms with Crippen LogP contribution < -0.4 is 18.9 Å². The van der Waals surface area contributed by atoms with E-state index in [1.807, 2.05) is 41.8 Å². The average molecular weight is 316 g/mol. The first kappa shape index (κ1) is 14.5. The summed E-state index contributed by atoms with van der Waals surface area (Å²) in [6.45, 7) is 0. The van der Waals surface area contributed by atoms with E-state index in [2.05, 4.69) is 0 Å². The molecule has 0 saturated heterocycles. The summed E-state index contributed by atoms with van der Waals surface area (Å²) in [5, 5.41) is 2.98. The van der Waals surface area contributed by atoms with Crippen molar-refractivity contribution in [3.05, 3.63) is 41.8 Å². The molecule has 0 aliphatic heterocycles. The van der Waals surface area contributed by atoms with E-state index in [4.69, 9.17) is 18.9 Å². The van der Waals surface area contributed by atoms with E-state index in [-0.39, 0.29) is 0 Å². The van der Waals surface area contributed by atoms with Crippen molar-refractivity contribution in [1.29, 1.82) is 0 Å². The summed E-state index contributed by atoms with van der Waals surface area (Å²) in [7, 11) is 4.90. The number of ether oxygens (including phenoxy) is 4. The van der Waals surface area contributed by atoms with Crippen molar-refractivity contribution in [3.63, 3.8) is 0 Å². The molecule has 0 fully saturated rings. The molecule has 1 aromatic heterocycles. The highest BCUT2D eigenvalue weighted by Gasteiger charge is 2.12. The van der Waals surface area contributed by atoms with Crippen LogP contribution in [0, 0.1) is 0 Å². The Morgan fingerprint density at radius 3 is 2.00 bits per heavy atom. The molecule has 0 unspecified atom stereocenters. The Bertz CT molecular complexity index is 777. The number of hydrogen-bond acceptors (Lipinski definition) is 5. The lowest BCUT2D eigenvalue weighted by Crippen LogP contribution is -1.90. The van der Waals surface area contributed by atoms with Crippen LogP contribution in [0.1, 0.15) is 0 Å². The van der Waals surface area contributed by atoms with Crippen LogP contribution >= 0.6 is 11.3 Å². The fourth-order valence-electron chi connectivity index (χ4n) is 2.18. The number of thiophene rings is 1. The van der Waals surface area contributed by atoms with E-state index in [0.29, 0.717) is 11.5 Å². The zero-order chi connectivity index (χ0) is 15.5. The predicted molar refractivity (Wildman–Crippen MR) is 88.0 cm³/mol. The van der Waals surface area contributed by atoms with Crippen molar-refractivity contribution >= 4 is 21.4 Å². The second kappa shape index (κ2) is 6.15. The molecule has 3 rings (SSSR count). The molecule has 3 aromatic rings. The maximum absolute atomic E-state index is 5.96. The first-order valence-corrected chi connectivity index (χ1v) is 7.58. The number of fused-ring (bicyclic) bond motifs is 1. The van der Waals surface area contributed by atoms with Gasteiger partial charge in [-0.3, -0.25) is 0 Å². The van der Waals surface area contributed by atoms with Gasteiger partial charge >= 0.3 is 0 Å². The van der Waals surface area contributed by atoms with Crippen molar-refractivity contribution in [1.82, 2.24) is 0 Å². The molecule has 4 nitrogen and oxygen atoms in total. The summed E-state index contributed by atoms with van der Waals surface area (Å²) >= 11 is 1.60. The summed E-state index contributed by atoms with van der Waals surface area (Å²) in [4.78, 5) is 0. The van der Waals surface area contributed by atoms with Crippen LogP contribution in [0.25, 0.3) is 10.1 Å². The largest absolute Gasteiger partial charge is 0.497 e. The molecule has 5 heteroatoms. The molecule has 0 saturated carbocycles. The van der Waals surface area contributed by atoms with Crippen molar-refractivity contribution in [2.45, 2.75) is 0 Å². The summed E-state index contributed by atoms with van der Waals surface area (Å²) in [5.41, 5.74) is 0. The normalized spacial score (nSPS) is 10.5. The molecule has 0 amide bonds. The van der Waals surface area contributed by atoms with Gasteiger partial charge in [0.1, 0.15) is 17.2 Å². The number of rotatable bonds is 5. The van der Waals surface area contributed by atoms with E-state index in [1.165, 1.54) is 0 Å². The number of hydrogen-bond donors (Lipinski definition) is 0. The van der Waals surface area contributed by atoms with Crippen molar-refractivity contribution in [2.24, 2.45) is 0 Å². The quantitative estimate of drug-likeness (QED) is 0.682. The molecule has 0 aliphatic rings. The van der Waals surface area contributed by atoms with Crippen LogP contribution in [0.4, 0.5) is 0 Å².